The van der Waals surface area contributed by atoms with Crippen LogP contribution in [-0.4, -0.2) is 52.8 Å². The lowest BCUT2D eigenvalue weighted by atomic mass is 9.91. The summed E-state index contributed by atoms with van der Waals surface area (Å²) in [7, 11) is 1.90. The molecule has 7 rings (SSSR count). The molecule has 242 valence electrons. The van der Waals surface area contributed by atoms with Crippen molar-refractivity contribution in [1.82, 2.24) is 24.4 Å². The van der Waals surface area contributed by atoms with Crippen LogP contribution in [0.15, 0.2) is 60.8 Å². The number of aliphatic hydroxyl groups is 1. The van der Waals surface area contributed by atoms with Crippen molar-refractivity contribution in [3.63, 3.8) is 0 Å². The van der Waals surface area contributed by atoms with Gasteiger partial charge in [0.15, 0.2) is 17.2 Å². The zero-order valence-electron chi connectivity index (χ0n) is 27.4. The number of carboxylic acids is 1. The van der Waals surface area contributed by atoms with E-state index in [1.807, 2.05) is 67.3 Å². The van der Waals surface area contributed by atoms with Crippen molar-refractivity contribution in [2.45, 2.75) is 59.5 Å². The van der Waals surface area contributed by atoms with Gasteiger partial charge < -0.3 is 14.9 Å². The predicted molar refractivity (Wildman–Crippen MR) is 180 cm³/mol. The van der Waals surface area contributed by atoms with Crippen LogP contribution in [0.25, 0.3) is 50.2 Å². The second-order valence-corrected chi connectivity index (χ2v) is 12.9. The molecule has 0 amide bonds. The number of halogens is 1. The van der Waals surface area contributed by atoms with E-state index in [2.05, 4.69) is 11.2 Å². The molecule has 9 nitrogen and oxygen atoms in total. The molecular formula is C37H38FN5O4. The van der Waals surface area contributed by atoms with Gasteiger partial charge in [-0.05, 0) is 76.8 Å². The third-order valence-corrected chi connectivity index (χ3v) is 8.17. The lowest BCUT2D eigenvalue weighted by Crippen LogP contribution is -2.14. The fourth-order valence-corrected chi connectivity index (χ4v) is 6.12. The predicted octanol–water partition coefficient (Wildman–Crippen LogP) is 7.10. The van der Waals surface area contributed by atoms with Gasteiger partial charge in [0.2, 0.25) is 0 Å². The molecule has 3 aromatic carbocycles. The number of carbonyl (C=O) groups is 1. The molecular weight excluding hydrogens is 597 g/mol. The third-order valence-electron chi connectivity index (χ3n) is 8.17. The van der Waals surface area contributed by atoms with Gasteiger partial charge in [-0.15, -0.1) is 0 Å². The maximum Gasteiger partial charge on any atom is 0.307 e. The van der Waals surface area contributed by atoms with Crippen LogP contribution in [0.3, 0.4) is 0 Å². The zero-order chi connectivity index (χ0) is 33.6. The molecule has 0 fully saturated rings. The van der Waals surface area contributed by atoms with Crippen molar-refractivity contribution in [3.8, 4) is 39.4 Å². The van der Waals surface area contributed by atoms with Crippen LogP contribution >= 0.6 is 0 Å². The van der Waals surface area contributed by atoms with E-state index < -0.39 is 17.4 Å². The van der Waals surface area contributed by atoms with Crippen LogP contribution in [-0.2, 0) is 24.7 Å². The van der Waals surface area contributed by atoms with Crippen LogP contribution < -0.4 is 4.74 Å². The maximum atomic E-state index is 15.6. The second kappa shape index (κ2) is 12.3. The first-order valence-corrected chi connectivity index (χ1v) is 15.6. The average Bonchev–Trinajstić information content (AvgIpc) is 3.59. The molecule has 0 saturated heterocycles. The zero-order valence-corrected chi connectivity index (χ0v) is 27.4. The summed E-state index contributed by atoms with van der Waals surface area (Å²) in [6.45, 7) is 9.44. The first-order valence-electron chi connectivity index (χ1n) is 15.6. The standard InChI is InChI=1S/C33H28FN5O3.C4H10O/c1-18-23-10-7-13-42-32(23)26(34)15-24(18)31-25(16-28(40)41)19(2)36-33-29(21-11-12-27-22(14-21)17-35-38(27)3)30(37-39(31)33)20-8-5-4-6-9-20;1-4(2,3)5/h4-6,8-9,11-12,14-15,17H,7,10,13,16H2,1-3H3,(H,40,41);5H,1-3H3. The number of ether oxygens (including phenoxy) is 1. The van der Waals surface area contributed by atoms with E-state index in [4.69, 9.17) is 19.9 Å². The molecule has 0 unspecified atom stereocenters. The summed E-state index contributed by atoms with van der Waals surface area (Å²) in [5, 5.41) is 28.9. The van der Waals surface area contributed by atoms with E-state index in [0.29, 0.717) is 46.9 Å². The van der Waals surface area contributed by atoms with Crippen LogP contribution in [0.5, 0.6) is 5.75 Å². The Morgan fingerprint density at radius 1 is 1.06 bits per heavy atom. The Labute approximate surface area is 272 Å². The normalized spacial score (nSPS) is 12.9. The first kappa shape index (κ1) is 31.9. The average molecular weight is 636 g/mol. The van der Waals surface area contributed by atoms with E-state index in [1.165, 1.54) is 6.07 Å². The van der Waals surface area contributed by atoms with E-state index >= 15 is 4.39 Å². The van der Waals surface area contributed by atoms with Gasteiger partial charge in [-0.25, -0.2) is 13.9 Å². The minimum atomic E-state index is -1.00. The number of nitrogens with zero attached hydrogens (tertiary/aromatic N) is 5. The molecule has 2 N–H and O–H groups in total. The van der Waals surface area contributed by atoms with Gasteiger partial charge in [0.05, 0.1) is 41.6 Å². The summed E-state index contributed by atoms with van der Waals surface area (Å²) < 4.78 is 24.8. The summed E-state index contributed by atoms with van der Waals surface area (Å²) in [5.74, 6) is -1.19. The molecule has 0 spiro atoms. The summed E-state index contributed by atoms with van der Waals surface area (Å²) in [4.78, 5) is 17.1. The quantitative estimate of drug-likeness (QED) is 0.208. The van der Waals surface area contributed by atoms with Crippen molar-refractivity contribution in [1.29, 1.82) is 0 Å². The Morgan fingerprint density at radius 3 is 2.49 bits per heavy atom. The molecule has 0 atom stereocenters. The van der Waals surface area contributed by atoms with Crippen molar-refractivity contribution >= 4 is 22.5 Å². The van der Waals surface area contributed by atoms with Crippen LogP contribution in [0.1, 0.15) is 49.6 Å². The number of aromatic nitrogens is 5. The lowest BCUT2D eigenvalue weighted by Gasteiger charge is -2.23. The largest absolute Gasteiger partial charge is 0.490 e. The van der Waals surface area contributed by atoms with E-state index in [-0.39, 0.29) is 12.2 Å². The van der Waals surface area contributed by atoms with Gasteiger partial charge >= 0.3 is 5.97 Å². The smallest absolute Gasteiger partial charge is 0.307 e. The molecule has 0 saturated carbocycles. The van der Waals surface area contributed by atoms with Crippen LogP contribution in [0, 0.1) is 19.7 Å². The number of aryl methyl sites for hydroxylation is 2. The highest BCUT2D eigenvalue weighted by Gasteiger charge is 2.28. The lowest BCUT2D eigenvalue weighted by molar-refractivity contribution is -0.136. The third kappa shape index (κ3) is 6.20. The molecule has 4 heterocycles. The molecule has 1 aliphatic rings. The van der Waals surface area contributed by atoms with Gasteiger partial charge in [-0.2, -0.15) is 10.2 Å². The van der Waals surface area contributed by atoms with Gasteiger partial charge in [0.25, 0.3) is 0 Å². The number of hydrogen-bond donors (Lipinski definition) is 2. The number of fused-ring (bicyclic) bond motifs is 3. The summed E-state index contributed by atoms with van der Waals surface area (Å²) in [6.07, 6.45) is 3.00. The summed E-state index contributed by atoms with van der Waals surface area (Å²) in [6, 6.07) is 17.4. The van der Waals surface area contributed by atoms with Gasteiger partial charge in [-0.1, -0.05) is 36.4 Å². The van der Waals surface area contributed by atoms with Crippen molar-refractivity contribution in [2.75, 3.05) is 6.61 Å². The Balaban J connectivity index is 0.000000720. The van der Waals surface area contributed by atoms with Gasteiger partial charge in [0.1, 0.15) is 5.69 Å². The van der Waals surface area contributed by atoms with Crippen molar-refractivity contribution in [3.05, 3.63) is 89.0 Å². The molecule has 3 aromatic heterocycles. The number of hydrogen-bond acceptors (Lipinski definition) is 6. The Kier molecular flexibility index (Phi) is 8.31. The molecule has 0 radical (unpaired) electrons. The molecule has 0 bridgehead atoms. The van der Waals surface area contributed by atoms with E-state index in [0.717, 1.165) is 45.1 Å². The fourth-order valence-electron chi connectivity index (χ4n) is 6.12. The monoisotopic (exact) mass is 635 g/mol. The first-order chi connectivity index (χ1) is 22.3. The summed E-state index contributed by atoms with van der Waals surface area (Å²) in [5.41, 5.74) is 8.14. The highest BCUT2D eigenvalue weighted by atomic mass is 19.1. The van der Waals surface area contributed by atoms with E-state index in [9.17, 15) is 9.90 Å². The minimum Gasteiger partial charge on any atom is -0.490 e. The SMILES string of the molecule is CC(C)(C)O.Cc1nc2c(-c3ccc4c(cnn4C)c3)c(-c3ccccc3)nn2c(-c2cc(F)c3c(c2C)CCCO3)c1CC(=O)O. The Morgan fingerprint density at radius 2 is 1.79 bits per heavy atom. The molecule has 6 aromatic rings. The second-order valence-electron chi connectivity index (χ2n) is 12.9. The van der Waals surface area contributed by atoms with Crippen LogP contribution in [0.4, 0.5) is 4.39 Å². The maximum absolute atomic E-state index is 15.6. The van der Waals surface area contributed by atoms with Crippen LogP contribution in [0.2, 0.25) is 0 Å². The number of benzene rings is 3. The van der Waals surface area contributed by atoms with Crippen molar-refractivity contribution < 1.29 is 24.1 Å². The topological polar surface area (TPSA) is 115 Å². The molecule has 10 heteroatoms. The van der Waals surface area contributed by atoms with Gasteiger partial charge in [-0.3, -0.25) is 9.48 Å². The number of carboxylic acid groups (broad SMARTS) is 1. The van der Waals surface area contributed by atoms with Crippen molar-refractivity contribution in [2.24, 2.45) is 7.05 Å². The molecule has 47 heavy (non-hydrogen) atoms. The summed E-state index contributed by atoms with van der Waals surface area (Å²) >= 11 is 0. The molecule has 1 aliphatic heterocycles. The Bertz CT molecular complexity index is 2140. The Hall–Kier alpha value is -5.09. The minimum absolute atomic E-state index is 0.278. The van der Waals surface area contributed by atoms with Gasteiger partial charge in [0, 0.05) is 40.4 Å². The number of rotatable bonds is 5. The highest BCUT2D eigenvalue weighted by molar-refractivity contribution is 5.95. The van der Waals surface area contributed by atoms with E-state index in [1.54, 1.807) is 32.2 Å². The highest BCUT2D eigenvalue weighted by Crippen LogP contribution is 2.42. The molecule has 0 aliphatic carbocycles. The fraction of sp³-hybridized carbons (Fsp3) is 0.297. The number of aliphatic carboxylic acids is 1.